The second-order valence-electron chi connectivity index (χ2n) is 2.23. The van der Waals surface area contributed by atoms with Crippen LogP contribution in [0, 0.1) is 0 Å². The Morgan fingerprint density at radius 3 is 2.46 bits per heavy atom. The number of ether oxygens (including phenoxy) is 2. The Hall–Kier alpha value is -0.840. The van der Waals surface area contributed by atoms with E-state index in [9.17, 15) is 8.78 Å². The van der Waals surface area contributed by atoms with Crippen molar-refractivity contribution in [3.8, 4) is 11.5 Å². The molecule has 0 N–H and O–H groups in total. The van der Waals surface area contributed by atoms with E-state index in [-0.39, 0.29) is 5.75 Å². The van der Waals surface area contributed by atoms with E-state index in [0.717, 1.165) is 0 Å². The van der Waals surface area contributed by atoms with E-state index in [1.807, 2.05) is 0 Å². The zero-order chi connectivity index (χ0) is 9.90. The fraction of sp³-hybridized carbons (Fsp3) is 0.250. The van der Waals surface area contributed by atoms with Crippen LogP contribution in [0.1, 0.15) is 0 Å². The van der Waals surface area contributed by atoms with E-state index >= 15 is 0 Å². The predicted octanol–water partition coefficient (Wildman–Crippen LogP) is 3.02. The molecule has 0 heterocycles. The first-order valence-corrected chi connectivity index (χ1v) is 4.20. The van der Waals surface area contributed by atoms with Crippen LogP contribution in [-0.2, 0) is 0 Å². The minimum Gasteiger partial charge on any atom is -0.497 e. The van der Waals surface area contributed by atoms with Crippen molar-refractivity contribution < 1.29 is 18.3 Å². The summed E-state index contributed by atoms with van der Waals surface area (Å²) in [6.45, 7) is 0. The molecule has 0 unspecified atom stereocenters. The monoisotopic (exact) mass is 252 g/mol. The molecule has 1 aromatic rings. The number of alkyl halides is 3. The molecule has 0 amide bonds. The Morgan fingerprint density at radius 2 is 1.92 bits per heavy atom. The molecule has 0 saturated heterocycles. The van der Waals surface area contributed by atoms with Crippen LogP contribution in [0.25, 0.3) is 0 Å². The number of halogens is 3. The van der Waals surface area contributed by atoms with Crippen molar-refractivity contribution in [3.63, 3.8) is 0 Å². The van der Waals surface area contributed by atoms with E-state index in [4.69, 9.17) is 4.74 Å². The lowest BCUT2D eigenvalue weighted by Crippen LogP contribution is -2.14. The van der Waals surface area contributed by atoms with Crippen molar-refractivity contribution in [3.05, 3.63) is 24.3 Å². The van der Waals surface area contributed by atoms with Gasteiger partial charge in [-0.1, -0.05) is 6.07 Å². The van der Waals surface area contributed by atoms with Crippen LogP contribution in [0.4, 0.5) is 8.78 Å². The summed E-state index contributed by atoms with van der Waals surface area (Å²) in [6.07, 6.45) is 0. The molecule has 0 aliphatic heterocycles. The smallest absolute Gasteiger partial charge is 0.459 e. The summed E-state index contributed by atoms with van der Waals surface area (Å²) in [6, 6.07) is 5.99. The maximum Gasteiger partial charge on any atom is 0.459 e. The van der Waals surface area contributed by atoms with Crippen LogP contribution in [0.15, 0.2) is 24.3 Å². The highest BCUT2D eigenvalue weighted by molar-refractivity contribution is 9.09. The minimum absolute atomic E-state index is 0.0428. The second kappa shape index (κ2) is 3.91. The molecule has 72 valence electrons. The molecule has 0 aromatic heterocycles. The average molecular weight is 253 g/mol. The fourth-order valence-electron chi connectivity index (χ4n) is 0.798. The largest absolute Gasteiger partial charge is 0.497 e. The average Bonchev–Trinajstić information content (AvgIpc) is 2.01. The summed E-state index contributed by atoms with van der Waals surface area (Å²) in [4.78, 5) is 0. The van der Waals surface area contributed by atoms with Crippen LogP contribution in [0.3, 0.4) is 0 Å². The Morgan fingerprint density at radius 1 is 1.31 bits per heavy atom. The second-order valence-corrected chi connectivity index (χ2v) is 3.15. The van der Waals surface area contributed by atoms with Crippen molar-refractivity contribution in [2.45, 2.75) is 5.02 Å². The maximum absolute atomic E-state index is 12.3. The van der Waals surface area contributed by atoms with Gasteiger partial charge in [0.2, 0.25) is 0 Å². The lowest BCUT2D eigenvalue weighted by Gasteiger charge is -2.11. The number of rotatable bonds is 3. The van der Waals surface area contributed by atoms with Gasteiger partial charge in [-0.3, -0.25) is 0 Å². The molecule has 1 rings (SSSR count). The molecule has 0 radical (unpaired) electrons. The summed E-state index contributed by atoms with van der Waals surface area (Å²) in [5.41, 5.74) is 0. The van der Waals surface area contributed by atoms with E-state index in [1.165, 1.54) is 19.2 Å². The Bertz CT molecular complexity index is 286. The van der Waals surface area contributed by atoms with Gasteiger partial charge in [0.25, 0.3) is 0 Å². The Balaban J connectivity index is 2.78. The van der Waals surface area contributed by atoms with Crippen LogP contribution in [0.2, 0.25) is 0 Å². The first-order chi connectivity index (χ1) is 6.01. The van der Waals surface area contributed by atoms with Crippen molar-refractivity contribution >= 4 is 15.9 Å². The standard InChI is InChI=1S/C8H7BrF2O2/c1-12-6-3-2-4-7(5-6)13-8(9,10)11/h2-5H,1H3. The molecule has 13 heavy (non-hydrogen) atoms. The summed E-state index contributed by atoms with van der Waals surface area (Å²) >= 11 is 2.07. The first-order valence-electron chi connectivity index (χ1n) is 3.41. The highest BCUT2D eigenvalue weighted by atomic mass is 79.9. The molecule has 2 nitrogen and oxygen atoms in total. The highest BCUT2D eigenvalue weighted by Gasteiger charge is 2.26. The fourth-order valence-corrected chi connectivity index (χ4v) is 0.985. The van der Waals surface area contributed by atoms with Crippen LogP contribution in [-0.4, -0.2) is 12.1 Å². The van der Waals surface area contributed by atoms with E-state index < -0.39 is 5.02 Å². The van der Waals surface area contributed by atoms with Crippen LogP contribution >= 0.6 is 15.9 Å². The molecule has 0 bridgehead atoms. The van der Waals surface area contributed by atoms with Gasteiger partial charge in [0.1, 0.15) is 11.5 Å². The molecule has 5 heteroatoms. The van der Waals surface area contributed by atoms with Gasteiger partial charge in [-0.2, -0.15) is 8.78 Å². The SMILES string of the molecule is COc1cccc(OC(F)(F)Br)c1. The van der Waals surface area contributed by atoms with Crippen molar-refractivity contribution in [1.29, 1.82) is 0 Å². The van der Waals surface area contributed by atoms with E-state index in [0.29, 0.717) is 5.75 Å². The molecular weight excluding hydrogens is 246 g/mol. The maximum atomic E-state index is 12.3. The number of hydrogen-bond acceptors (Lipinski definition) is 2. The third-order valence-electron chi connectivity index (χ3n) is 1.27. The van der Waals surface area contributed by atoms with Crippen LogP contribution in [0.5, 0.6) is 11.5 Å². The minimum atomic E-state index is -3.35. The number of benzene rings is 1. The number of hydrogen-bond donors (Lipinski definition) is 0. The zero-order valence-corrected chi connectivity index (χ0v) is 8.35. The predicted molar refractivity (Wildman–Crippen MR) is 47.5 cm³/mol. The van der Waals surface area contributed by atoms with Crippen molar-refractivity contribution in [2.75, 3.05) is 7.11 Å². The molecular formula is C8H7BrF2O2. The molecule has 0 fully saturated rings. The van der Waals surface area contributed by atoms with Gasteiger partial charge < -0.3 is 9.47 Å². The van der Waals surface area contributed by atoms with Crippen molar-refractivity contribution in [2.24, 2.45) is 0 Å². The van der Waals surface area contributed by atoms with E-state index in [2.05, 4.69) is 20.7 Å². The topological polar surface area (TPSA) is 18.5 Å². The molecule has 0 spiro atoms. The third kappa shape index (κ3) is 3.59. The molecule has 1 aromatic carbocycles. The van der Waals surface area contributed by atoms with Gasteiger partial charge in [-0.25, -0.2) is 0 Å². The summed E-state index contributed by atoms with van der Waals surface area (Å²) in [5, 5.41) is -3.35. The van der Waals surface area contributed by atoms with Gasteiger partial charge in [0.05, 0.1) is 7.11 Å². The van der Waals surface area contributed by atoms with Gasteiger partial charge >= 0.3 is 5.02 Å². The summed E-state index contributed by atoms with van der Waals surface area (Å²) in [7, 11) is 1.45. The third-order valence-corrected chi connectivity index (χ3v) is 1.44. The first kappa shape index (κ1) is 10.2. The zero-order valence-electron chi connectivity index (χ0n) is 6.76. The Labute approximate surface area is 82.6 Å². The quantitative estimate of drug-likeness (QED) is 0.771. The Kier molecular flexibility index (Phi) is 3.08. The normalized spacial score (nSPS) is 11.1. The lowest BCUT2D eigenvalue weighted by molar-refractivity contribution is -0.0803. The number of methoxy groups -OCH3 is 1. The summed E-state index contributed by atoms with van der Waals surface area (Å²) < 4.78 is 33.7. The van der Waals surface area contributed by atoms with E-state index in [1.54, 1.807) is 12.1 Å². The molecule has 0 atom stereocenters. The van der Waals surface area contributed by atoms with Gasteiger partial charge in [0.15, 0.2) is 0 Å². The van der Waals surface area contributed by atoms with Gasteiger partial charge in [-0.15, -0.1) is 0 Å². The summed E-state index contributed by atoms with van der Waals surface area (Å²) in [5.74, 6) is 0.510. The van der Waals surface area contributed by atoms with Crippen molar-refractivity contribution in [1.82, 2.24) is 0 Å². The molecule has 0 saturated carbocycles. The van der Waals surface area contributed by atoms with Crippen LogP contribution < -0.4 is 9.47 Å². The lowest BCUT2D eigenvalue weighted by atomic mass is 10.3. The van der Waals surface area contributed by atoms with Gasteiger partial charge in [-0.05, 0) is 12.1 Å². The molecule has 0 aliphatic rings. The highest BCUT2D eigenvalue weighted by Crippen LogP contribution is 2.28. The molecule has 0 aliphatic carbocycles. The van der Waals surface area contributed by atoms with Gasteiger partial charge in [0, 0.05) is 22.0 Å².